The van der Waals surface area contributed by atoms with Gasteiger partial charge in [-0.05, 0) is 49.4 Å². The van der Waals surface area contributed by atoms with Crippen molar-refractivity contribution in [3.05, 3.63) is 35.1 Å². The second-order valence-electron chi connectivity index (χ2n) is 5.56. The van der Waals surface area contributed by atoms with Gasteiger partial charge in [0, 0.05) is 25.3 Å². The van der Waals surface area contributed by atoms with Crippen LogP contribution >= 0.6 is 0 Å². The molecule has 0 aromatic heterocycles. The molecule has 1 saturated heterocycles. The number of hydrogen-bond donors (Lipinski definition) is 2. The van der Waals surface area contributed by atoms with Crippen LogP contribution in [0.4, 0.5) is 4.39 Å². The normalized spacial score (nSPS) is 19.1. The van der Waals surface area contributed by atoms with Gasteiger partial charge in [-0.1, -0.05) is 17.9 Å². The van der Waals surface area contributed by atoms with Gasteiger partial charge in [0.1, 0.15) is 5.82 Å². The Morgan fingerprint density at radius 2 is 2.29 bits per heavy atom. The average Bonchev–Trinajstić information content (AvgIpc) is 2.48. The van der Waals surface area contributed by atoms with Gasteiger partial charge in [0.05, 0.1) is 6.54 Å². The van der Waals surface area contributed by atoms with Crippen molar-refractivity contribution in [1.82, 2.24) is 4.90 Å². The van der Waals surface area contributed by atoms with Crippen molar-refractivity contribution in [2.75, 3.05) is 26.2 Å². The molecule has 1 aliphatic heterocycles. The van der Waals surface area contributed by atoms with Gasteiger partial charge in [-0.15, -0.1) is 0 Å². The maximum Gasteiger partial charge on any atom is 0.124 e. The van der Waals surface area contributed by atoms with Crippen molar-refractivity contribution in [3.8, 4) is 11.8 Å². The number of benzene rings is 1. The Kier molecular flexibility index (Phi) is 6.19. The highest BCUT2D eigenvalue weighted by atomic mass is 19.1. The number of aliphatic hydroxyl groups excluding tert-OH is 1. The third-order valence-corrected chi connectivity index (χ3v) is 3.93. The van der Waals surface area contributed by atoms with Crippen LogP contribution in [0.2, 0.25) is 0 Å². The first-order valence-corrected chi connectivity index (χ1v) is 7.53. The largest absolute Gasteiger partial charge is 0.396 e. The van der Waals surface area contributed by atoms with Crippen LogP contribution in [0.3, 0.4) is 0 Å². The number of rotatable bonds is 4. The zero-order valence-corrected chi connectivity index (χ0v) is 12.3. The summed E-state index contributed by atoms with van der Waals surface area (Å²) in [6.07, 6.45) is 3.19. The standard InChI is InChI=1S/C17H23FN2O/c18-17-6-5-16(15(11-17)4-1-8-19)13-20-9-2-3-14(12-20)7-10-21/h5-6,11,14,21H,2-3,7-10,12-13,19H2. The van der Waals surface area contributed by atoms with Crippen molar-refractivity contribution in [3.63, 3.8) is 0 Å². The fourth-order valence-corrected chi connectivity index (χ4v) is 2.90. The topological polar surface area (TPSA) is 49.5 Å². The minimum absolute atomic E-state index is 0.252. The SMILES string of the molecule is NCC#Cc1cc(F)ccc1CN1CCCC(CCO)C1. The van der Waals surface area contributed by atoms with E-state index >= 15 is 0 Å². The Bertz CT molecular complexity index is 519. The smallest absolute Gasteiger partial charge is 0.124 e. The first kappa shape index (κ1) is 16.0. The Labute approximate surface area is 125 Å². The summed E-state index contributed by atoms with van der Waals surface area (Å²) in [6.45, 7) is 3.34. The van der Waals surface area contributed by atoms with Crippen molar-refractivity contribution in [2.24, 2.45) is 11.7 Å². The van der Waals surface area contributed by atoms with Crippen LogP contribution in [0.25, 0.3) is 0 Å². The molecule has 1 aromatic carbocycles. The Balaban J connectivity index is 2.08. The summed E-state index contributed by atoms with van der Waals surface area (Å²) in [4.78, 5) is 2.37. The number of aliphatic hydroxyl groups is 1. The van der Waals surface area contributed by atoms with E-state index in [1.807, 2.05) is 6.07 Å². The lowest BCUT2D eigenvalue weighted by Crippen LogP contribution is -2.35. The Hall–Kier alpha value is -1.41. The monoisotopic (exact) mass is 290 g/mol. The number of piperidine rings is 1. The van der Waals surface area contributed by atoms with Gasteiger partial charge in [0.15, 0.2) is 0 Å². The summed E-state index contributed by atoms with van der Waals surface area (Å²) in [5.41, 5.74) is 7.17. The lowest BCUT2D eigenvalue weighted by Gasteiger charge is -2.32. The molecule has 0 radical (unpaired) electrons. The van der Waals surface area contributed by atoms with Crippen LogP contribution in [-0.4, -0.2) is 36.2 Å². The molecule has 0 aliphatic carbocycles. The molecule has 114 valence electrons. The fourth-order valence-electron chi connectivity index (χ4n) is 2.90. The van der Waals surface area contributed by atoms with E-state index in [9.17, 15) is 4.39 Å². The van der Waals surface area contributed by atoms with Crippen LogP contribution < -0.4 is 5.73 Å². The highest BCUT2D eigenvalue weighted by Gasteiger charge is 2.20. The molecule has 0 saturated carbocycles. The Morgan fingerprint density at radius 3 is 3.05 bits per heavy atom. The summed E-state index contributed by atoms with van der Waals surface area (Å²) in [5, 5.41) is 9.08. The molecule has 1 atom stereocenters. The van der Waals surface area contributed by atoms with Gasteiger partial charge >= 0.3 is 0 Å². The van der Waals surface area contributed by atoms with Crippen molar-refractivity contribution >= 4 is 0 Å². The van der Waals surface area contributed by atoms with Gasteiger partial charge in [-0.2, -0.15) is 0 Å². The number of hydrogen-bond acceptors (Lipinski definition) is 3. The van der Waals surface area contributed by atoms with Crippen molar-refractivity contribution in [2.45, 2.75) is 25.8 Å². The van der Waals surface area contributed by atoms with Crippen LogP contribution in [0.5, 0.6) is 0 Å². The van der Waals surface area contributed by atoms with E-state index < -0.39 is 0 Å². The number of likely N-dealkylation sites (tertiary alicyclic amines) is 1. The molecule has 3 N–H and O–H groups in total. The molecule has 1 fully saturated rings. The van der Waals surface area contributed by atoms with Gasteiger partial charge in [0.25, 0.3) is 0 Å². The molecular weight excluding hydrogens is 267 g/mol. The molecule has 21 heavy (non-hydrogen) atoms. The lowest BCUT2D eigenvalue weighted by atomic mass is 9.94. The highest BCUT2D eigenvalue weighted by molar-refractivity contribution is 5.41. The molecule has 2 rings (SSSR count). The average molecular weight is 290 g/mol. The van der Waals surface area contributed by atoms with E-state index in [-0.39, 0.29) is 19.0 Å². The first-order valence-electron chi connectivity index (χ1n) is 7.53. The predicted molar refractivity (Wildman–Crippen MR) is 82.0 cm³/mol. The van der Waals surface area contributed by atoms with Crippen LogP contribution in [-0.2, 0) is 6.54 Å². The van der Waals surface area contributed by atoms with Gasteiger partial charge in [0.2, 0.25) is 0 Å². The number of nitrogens with two attached hydrogens (primary N) is 1. The third-order valence-electron chi connectivity index (χ3n) is 3.93. The lowest BCUT2D eigenvalue weighted by molar-refractivity contribution is 0.142. The van der Waals surface area contributed by atoms with Gasteiger partial charge in [-0.25, -0.2) is 4.39 Å². The number of halogens is 1. The molecule has 4 heteroatoms. The maximum absolute atomic E-state index is 13.4. The maximum atomic E-state index is 13.4. The second kappa shape index (κ2) is 8.14. The molecule has 3 nitrogen and oxygen atoms in total. The van der Waals surface area contributed by atoms with E-state index in [1.165, 1.54) is 18.6 Å². The van der Waals surface area contributed by atoms with Crippen LogP contribution in [0.15, 0.2) is 18.2 Å². The van der Waals surface area contributed by atoms with Crippen LogP contribution in [0.1, 0.15) is 30.4 Å². The molecule has 1 heterocycles. The third kappa shape index (κ3) is 4.82. The molecule has 0 amide bonds. The predicted octanol–water partition coefficient (Wildman–Crippen LogP) is 1.73. The molecule has 0 spiro atoms. The Morgan fingerprint density at radius 1 is 1.43 bits per heavy atom. The van der Waals surface area contributed by atoms with Crippen LogP contribution in [0, 0.1) is 23.6 Å². The summed E-state index contributed by atoms with van der Waals surface area (Å²) in [7, 11) is 0. The number of nitrogens with zero attached hydrogens (tertiary/aromatic N) is 1. The summed E-state index contributed by atoms with van der Waals surface area (Å²) < 4.78 is 13.4. The zero-order valence-electron chi connectivity index (χ0n) is 12.3. The molecular formula is C17H23FN2O. The molecule has 1 aromatic rings. The summed E-state index contributed by atoms with van der Waals surface area (Å²) in [5.74, 6) is 6.05. The molecule has 1 aliphatic rings. The summed E-state index contributed by atoms with van der Waals surface area (Å²) >= 11 is 0. The molecule has 1 unspecified atom stereocenters. The van der Waals surface area contributed by atoms with Crippen molar-refractivity contribution in [1.29, 1.82) is 0 Å². The second-order valence-corrected chi connectivity index (χ2v) is 5.56. The van der Waals surface area contributed by atoms with Gasteiger partial charge < -0.3 is 10.8 Å². The minimum Gasteiger partial charge on any atom is -0.396 e. The van der Waals surface area contributed by atoms with E-state index in [4.69, 9.17) is 10.8 Å². The van der Waals surface area contributed by atoms with E-state index in [0.717, 1.165) is 43.6 Å². The quantitative estimate of drug-likeness (QED) is 0.830. The first-order chi connectivity index (χ1) is 10.2. The van der Waals surface area contributed by atoms with E-state index in [0.29, 0.717) is 5.92 Å². The zero-order chi connectivity index (χ0) is 15.1. The van der Waals surface area contributed by atoms with Crippen molar-refractivity contribution < 1.29 is 9.50 Å². The summed E-state index contributed by atoms with van der Waals surface area (Å²) in [6, 6.07) is 4.77. The molecule has 0 bridgehead atoms. The van der Waals surface area contributed by atoms with E-state index in [1.54, 1.807) is 0 Å². The fraction of sp³-hybridized carbons (Fsp3) is 0.529. The van der Waals surface area contributed by atoms with E-state index in [2.05, 4.69) is 16.7 Å². The highest BCUT2D eigenvalue weighted by Crippen LogP contribution is 2.22. The minimum atomic E-state index is -0.267. The van der Waals surface area contributed by atoms with Gasteiger partial charge in [-0.3, -0.25) is 4.90 Å².